The van der Waals surface area contributed by atoms with Crippen LogP contribution in [0.2, 0.25) is 0 Å². The molecule has 0 saturated heterocycles. The number of nitrogens with one attached hydrogen (secondary N) is 1. The maximum Gasteiger partial charge on any atom is 0.330 e. The van der Waals surface area contributed by atoms with E-state index in [1.54, 1.807) is 6.07 Å². The van der Waals surface area contributed by atoms with Crippen LogP contribution in [0.3, 0.4) is 0 Å². The minimum atomic E-state index is -1.26. The van der Waals surface area contributed by atoms with Crippen molar-refractivity contribution in [3.05, 3.63) is 41.7 Å². The molecule has 6 heteroatoms. The molecule has 1 aromatic rings. The number of hydrogen-bond donors (Lipinski definition) is 2. The van der Waals surface area contributed by atoms with E-state index in [0.717, 1.165) is 42.2 Å². The van der Waals surface area contributed by atoms with E-state index < -0.39 is 23.7 Å². The number of aliphatic carboxylic acids is 1. The Bertz CT molecular complexity index is 1000. The van der Waals surface area contributed by atoms with E-state index in [0.29, 0.717) is 17.8 Å². The SMILES string of the molecule is C=C[C@H](NC(=O)c1cc(C2CC2)c(OCC23CC4CC5CC(C2)C53C4)cc1F)C(=O)O. The molecule has 0 radical (unpaired) electrons. The van der Waals surface area contributed by atoms with E-state index in [9.17, 15) is 14.0 Å². The third kappa shape index (κ3) is 2.53. The predicted octanol–water partition coefficient (Wildman–Crippen LogP) is 4.28. The van der Waals surface area contributed by atoms with E-state index in [2.05, 4.69) is 11.9 Å². The van der Waals surface area contributed by atoms with Crippen LogP contribution in [0.25, 0.3) is 0 Å². The number of carbonyl (C=O) groups excluding carboxylic acids is 1. The zero-order chi connectivity index (χ0) is 21.5. The molecule has 5 saturated carbocycles. The van der Waals surface area contributed by atoms with Crippen LogP contribution < -0.4 is 10.1 Å². The van der Waals surface area contributed by atoms with Crippen LogP contribution in [0.5, 0.6) is 5.75 Å². The molecule has 5 nitrogen and oxygen atoms in total. The van der Waals surface area contributed by atoms with E-state index in [1.165, 1.54) is 38.2 Å². The van der Waals surface area contributed by atoms with Crippen molar-refractivity contribution >= 4 is 11.9 Å². The van der Waals surface area contributed by atoms with Gasteiger partial charge in [0.25, 0.3) is 5.91 Å². The highest BCUT2D eigenvalue weighted by molar-refractivity contribution is 5.97. The predicted molar refractivity (Wildman–Crippen MR) is 111 cm³/mol. The summed E-state index contributed by atoms with van der Waals surface area (Å²) in [4.78, 5) is 23.7. The van der Waals surface area contributed by atoms with Gasteiger partial charge in [-0.2, -0.15) is 0 Å². The quantitative estimate of drug-likeness (QED) is 0.610. The number of ether oxygens (including phenoxy) is 1. The summed E-state index contributed by atoms with van der Waals surface area (Å²) in [5.74, 6) is 0.783. The molecule has 2 N–H and O–H groups in total. The van der Waals surface area contributed by atoms with E-state index >= 15 is 0 Å². The normalized spacial score (nSPS) is 37.3. The van der Waals surface area contributed by atoms with E-state index in [1.807, 2.05) is 0 Å². The van der Waals surface area contributed by atoms with Crippen LogP contribution in [0.4, 0.5) is 4.39 Å². The molecule has 164 valence electrons. The zero-order valence-electron chi connectivity index (χ0n) is 17.5. The highest BCUT2D eigenvalue weighted by Gasteiger charge is 2.80. The summed E-state index contributed by atoms with van der Waals surface area (Å²) in [7, 11) is 0. The fraction of sp³-hybridized carbons (Fsp3) is 0.600. The van der Waals surface area contributed by atoms with Crippen LogP contribution in [0.1, 0.15) is 66.8 Å². The number of amides is 1. The molecule has 5 fully saturated rings. The second-order valence-electron chi connectivity index (χ2n) is 10.6. The third-order valence-electron chi connectivity index (χ3n) is 9.23. The van der Waals surface area contributed by atoms with E-state index in [4.69, 9.17) is 9.84 Å². The summed E-state index contributed by atoms with van der Waals surface area (Å²) >= 11 is 0. The van der Waals surface area contributed by atoms with Crippen LogP contribution in [-0.4, -0.2) is 29.6 Å². The molecule has 6 rings (SSSR count). The van der Waals surface area contributed by atoms with Gasteiger partial charge in [-0.1, -0.05) is 6.08 Å². The topological polar surface area (TPSA) is 75.6 Å². The molecule has 1 aromatic carbocycles. The lowest BCUT2D eigenvalue weighted by Crippen LogP contribution is -2.68. The molecule has 5 aliphatic rings. The molecule has 31 heavy (non-hydrogen) atoms. The Kier molecular flexibility index (Phi) is 3.95. The van der Waals surface area contributed by atoms with Crippen molar-refractivity contribution in [2.24, 2.45) is 28.6 Å². The Morgan fingerprint density at radius 2 is 2.06 bits per heavy atom. The lowest BCUT2D eigenvalue weighted by molar-refractivity contribution is -0.254. The van der Waals surface area contributed by atoms with E-state index in [-0.39, 0.29) is 16.9 Å². The maximum atomic E-state index is 14.9. The lowest BCUT2D eigenvalue weighted by Gasteiger charge is -2.72. The van der Waals surface area contributed by atoms with Crippen LogP contribution >= 0.6 is 0 Å². The van der Waals surface area contributed by atoms with Gasteiger partial charge in [0.15, 0.2) is 0 Å². The molecule has 0 aliphatic heterocycles. The summed E-state index contributed by atoms with van der Waals surface area (Å²) in [6, 6.07) is 1.64. The Morgan fingerprint density at radius 3 is 2.71 bits per heavy atom. The van der Waals surface area contributed by atoms with Gasteiger partial charge >= 0.3 is 5.97 Å². The van der Waals surface area contributed by atoms with Crippen molar-refractivity contribution in [2.45, 2.75) is 56.9 Å². The monoisotopic (exact) mass is 425 g/mol. The number of halogens is 1. The largest absolute Gasteiger partial charge is 0.493 e. The minimum Gasteiger partial charge on any atom is -0.493 e. The number of carbonyl (C=O) groups is 2. The number of carboxylic acid groups (broad SMARTS) is 1. The minimum absolute atomic E-state index is 0.137. The Labute approximate surface area is 181 Å². The molecule has 2 bridgehead atoms. The van der Waals surface area contributed by atoms with Gasteiger partial charge in [0.05, 0.1) is 12.2 Å². The van der Waals surface area contributed by atoms with Crippen LogP contribution in [0, 0.1) is 34.4 Å². The van der Waals surface area contributed by atoms with Crippen LogP contribution in [0.15, 0.2) is 24.8 Å². The molecular formula is C25H28FNO4. The Hall–Kier alpha value is -2.37. The van der Waals surface area contributed by atoms with Crippen molar-refractivity contribution in [1.29, 1.82) is 0 Å². The second-order valence-corrected chi connectivity index (χ2v) is 10.6. The Balaban J connectivity index is 1.23. The fourth-order valence-corrected chi connectivity index (χ4v) is 7.89. The molecule has 0 heterocycles. The molecule has 0 aromatic heterocycles. The molecular weight excluding hydrogens is 397 g/mol. The molecule has 1 spiro atoms. The van der Waals surface area contributed by atoms with Gasteiger partial charge in [0.1, 0.15) is 17.6 Å². The molecule has 5 unspecified atom stereocenters. The van der Waals surface area contributed by atoms with Gasteiger partial charge in [-0.05, 0) is 85.7 Å². The Morgan fingerprint density at radius 1 is 1.26 bits per heavy atom. The highest BCUT2D eigenvalue weighted by Crippen LogP contribution is 2.86. The zero-order valence-corrected chi connectivity index (χ0v) is 17.5. The maximum absolute atomic E-state index is 14.9. The second kappa shape index (κ2) is 6.33. The van der Waals surface area contributed by atoms with Gasteiger partial charge < -0.3 is 15.2 Å². The van der Waals surface area contributed by atoms with Crippen molar-refractivity contribution in [3.63, 3.8) is 0 Å². The van der Waals surface area contributed by atoms with Crippen molar-refractivity contribution in [3.8, 4) is 5.75 Å². The molecule has 6 atom stereocenters. The van der Waals surface area contributed by atoms with Crippen LogP contribution in [-0.2, 0) is 4.79 Å². The van der Waals surface area contributed by atoms with Gasteiger partial charge in [-0.3, -0.25) is 4.79 Å². The first-order valence-corrected chi connectivity index (χ1v) is 11.5. The van der Waals surface area contributed by atoms with Gasteiger partial charge in [-0.15, -0.1) is 6.58 Å². The van der Waals surface area contributed by atoms with Crippen molar-refractivity contribution in [1.82, 2.24) is 5.32 Å². The standard InChI is InChI=1S/C25H28FNO4/c1-2-20(23(29)30)27-22(28)18-7-17(14-3-4-14)21(8-19(18)26)31-12-24-9-13-5-15-6-16(11-24)25(15,24)10-13/h2,7-8,13-16,20H,1,3-6,9-12H2,(H,27,28)(H,29,30)/t13?,15?,16?,20-,24?,25?/m0/s1. The summed E-state index contributed by atoms with van der Waals surface area (Å²) in [5, 5.41) is 11.4. The van der Waals surface area contributed by atoms with Crippen molar-refractivity contribution < 1.29 is 23.8 Å². The highest BCUT2D eigenvalue weighted by atomic mass is 19.1. The fourth-order valence-electron chi connectivity index (χ4n) is 7.89. The average Bonchev–Trinajstić information content (AvgIpc) is 3.44. The summed E-state index contributed by atoms with van der Waals surface area (Å²) in [5.41, 5.74) is 1.51. The van der Waals surface area contributed by atoms with Gasteiger partial charge in [0.2, 0.25) is 0 Å². The lowest BCUT2D eigenvalue weighted by atomic mass is 9.32. The van der Waals surface area contributed by atoms with Gasteiger partial charge in [0, 0.05) is 11.5 Å². The first-order chi connectivity index (χ1) is 14.9. The summed E-state index contributed by atoms with van der Waals surface area (Å²) < 4.78 is 21.2. The molecule has 5 aliphatic carbocycles. The smallest absolute Gasteiger partial charge is 0.330 e. The number of hydrogen-bond acceptors (Lipinski definition) is 3. The third-order valence-corrected chi connectivity index (χ3v) is 9.23. The number of benzene rings is 1. The first kappa shape index (κ1) is 19.3. The average molecular weight is 426 g/mol. The van der Waals surface area contributed by atoms with Gasteiger partial charge in [-0.25, -0.2) is 9.18 Å². The number of carboxylic acids is 1. The number of fused-ring (bicyclic) bond motifs is 1. The summed E-state index contributed by atoms with van der Waals surface area (Å²) in [6.07, 6.45) is 9.76. The van der Waals surface area contributed by atoms with Crippen molar-refractivity contribution in [2.75, 3.05) is 6.61 Å². The first-order valence-electron chi connectivity index (χ1n) is 11.5. The number of rotatable bonds is 8. The summed E-state index contributed by atoms with van der Waals surface area (Å²) in [6.45, 7) is 4.07. The molecule has 1 amide bonds.